The van der Waals surface area contributed by atoms with Crippen molar-refractivity contribution in [2.75, 3.05) is 43.1 Å². The molecule has 2 aromatic rings. The summed E-state index contributed by atoms with van der Waals surface area (Å²) in [4.78, 5) is 26.1. The third kappa shape index (κ3) is 4.57. The van der Waals surface area contributed by atoms with Gasteiger partial charge in [-0.1, -0.05) is 0 Å². The van der Waals surface area contributed by atoms with Gasteiger partial charge in [0.15, 0.2) is 0 Å². The zero-order valence-corrected chi connectivity index (χ0v) is 14.1. The highest BCUT2D eigenvalue weighted by molar-refractivity contribution is 5.98. The highest BCUT2D eigenvalue weighted by Crippen LogP contribution is 2.18. The fraction of sp³-hybridized carbons (Fsp3) is 0.353. The number of anilines is 2. The fourth-order valence-corrected chi connectivity index (χ4v) is 2.57. The van der Waals surface area contributed by atoms with Gasteiger partial charge in [0, 0.05) is 37.7 Å². The van der Waals surface area contributed by atoms with Crippen LogP contribution < -0.4 is 15.5 Å². The number of benzene rings is 1. The summed E-state index contributed by atoms with van der Waals surface area (Å²) in [6.07, 6.45) is 1.67. The van der Waals surface area contributed by atoms with E-state index in [9.17, 15) is 9.59 Å². The molecule has 3 rings (SSSR count). The average Bonchev–Trinajstić information content (AvgIpc) is 3.08. The Balaban J connectivity index is 1.48. The molecule has 2 amide bonds. The molecule has 2 heterocycles. The third-order valence-corrected chi connectivity index (χ3v) is 3.88. The molecule has 1 fully saturated rings. The van der Waals surface area contributed by atoms with Crippen molar-refractivity contribution < 1.29 is 14.3 Å². The van der Waals surface area contributed by atoms with Gasteiger partial charge in [0.25, 0.3) is 5.91 Å². The number of carbonyl (C=O) groups is 2. The smallest absolute Gasteiger partial charge is 0.272 e. The maximum absolute atomic E-state index is 12.0. The van der Waals surface area contributed by atoms with E-state index in [4.69, 9.17) is 4.74 Å². The summed E-state index contributed by atoms with van der Waals surface area (Å²) in [5.74, 6) is -0.665. The van der Waals surface area contributed by atoms with Crippen molar-refractivity contribution in [3.63, 3.8) is 0 Å². The van der Waals surface area contributed by atoms with Crippen LogP contribution in [0.2, 0.25) is 0 Å². The molecule has 1 aromatic carbocycles. The molecule has 1 aromatic heterocycles. The van der Waals surface area contributed by atoms with E-state index in [1.54, 1.807) is 19.3 Å². The molecule has 8 heteroatoms. The zero-order valence-electron chi connectivity index (χ0n) is 14.1. The minimum Gasteiger partial charge on any atom is -0.378 e. The zero-order chi connectivity index (χ0) is 17.6. The van der Waals surface area contributed by atoms with Crippen molar-refractivity contribution in [1.82, 2.24) is 15.1 Å². The third-order valence-electron chi connectivity index (χ3n) is 3.88. The number of carbonyl (C=O) groups excluding carboxylic acids is 2. The summed E-state index contributed by atoms with van der Waals surface area (Å²) in [5.41, 5.74) is 2.07. The number of morpholine rings is 1. The minimum atomic E-state index is -0.376. The average molecular weight is 343 g/mol. The fourth-order valence-electron chi connectivity index (χ4n) is 2.57. The molecule has 0 saturated carbocycles. The molecular formula is C17H21N5O3. The van der Waals surface area contributed by atoms with Crippen molar-refractivity contribution >= 4 is 23.2 Å². The Hall–Kier alpha value is -2.87. The van der Waals surface area contributed by atoms with Crippen LogP contribution in [0, 0.1) is 0 Å². The lowest BCUT2D eigenvalue weighted by atomic mass is 10.2. The SMILES string of the molecule is Cn1ccc(C(=O)NCC(=O)Nc2ccc(N3CCOCC3)cc2)n1. The summed E-state index contributed by atoms with van der Waals surface area (Å²) in [7, 11) is 1.73. The standard InChI is InChI=1S/C17H21N5O3/c1-21-7-6-15(20-21)17(24)18-12-16(23)19-13-2-4-14(5-3-13)22-8-10-25-11-9-22/h2-7H,8-12H2,1H3,(H,18,24)(H,19,23). The van der Waals surface area contributed by atoms with Gasteiger partial charge < -0.3 is 20.3 Å². The molecular weight excluding hydrogens is 322 g/mol. The lowest BCUT2D eigenvalue weighted by Gasteiger charge is -2.28. The lowest BCUT2D eigenvalue weighted by Crippen LogP contribution is -2.36. The second-order valence-electron chi connectivity index (χ2n) is 5.75. The normalized spacial score (nSPS) is 14.2. The first kappa shape index (κ1) is 17.0. The van der Waals surface area contributed by atoms with E-state index < -0.39 is 0 Å². The van der Waals surface area contributed by atoms with Crippen molar-refractivity contribution in [3.8, 4) is 0 Å². The molecule has 0 aliphatic carbocycles. The maximum Gasteiger partial charge on any atom is 0.272 e. The van der Waals surface area contributed by atoms with E-state index in [1.165, 1.54) is 4.68 Å². The van der Waals surface area contributed by atoms with Crippen LogP contribution in [-0.4, -0.2) is 54.4 Å². The van der Waals surface area contributed by atoms with Crippen LogP contribution in [0.1, 0.15) is 10.5 Å². The van der Waals surface area contributed by atoms with Gasteiger partial charge in [-0.3, -0.25) is 14.3 Å². The summed E-state index contributed by atoms with van der Waals surface area (Å²) >= 11 is 0. The molecule has 2 N–H and O–H groups in total. The molecule has 1 saturated heterocycles. The van der Waals surface area contributed by atoms with E-state index in [0.29, 0.717) is 5.69 Å². The molecule has 132 valence electrons. The van der Waals surface area contributed by atoms with E-state index in [2.05, 4.69) is 20.6 Å². The molecule has 1 aliphatic rings. The number of amides is 2. The summed E-state index contributed by atoms with van der Waals surface area (Å²) in [6, 6.07) is 9.23. The van der Waals surface area contributed by atoms with Crippen LogP contribution in [0.3, 0.4) is 0 Å². The van der Waals surface area contributed by atoms with Gasteiger partial charge in [0.1, 0.15) is 5.69 Å². The van der Waals surface area contributed by atoms with Gasteiger partial charge >= 0.3 is 0 Å². The van der Waals surface area contributed by atoms with E-state index in [1.807, 2.05) is 24.3 Å². The molecule has 0 spiro atoms. The number of aryl methyl sites for hydroxylation is 1. The highest BCUT2D eigenvalue weighted by Gasteiger charge is 2.12. The molecule has 0 radical (unpaired) electrons. The Labute approximate surface area is 145 Å². The Kier molecular flexibility index (Phi) is 5.30. The molecule has 0 unspecified atom stereocenters. The first-order valence-electron chi connectivity index (χ1n) is 8.12. The van der Waals surface area contributed by atoms with Gasteiger partial charge in [-0.2, -0.15) is 5.10 Å². The maximum atomic E-state index is 12.0. The highest BCUT2D eigenvalue weighted by atomic mass is 16.5. The minimum absolute atomic E-state index is 0.110. The van der Waals surface area contributed by atoms with E-state index in [-0.39, 0.29) is 24.1 Å². The molecule has 0 bridgehead atoms. The van der Waals surface area contributed by atoms with Crippen molar-refractivity contribution in [3.05, 3.63) is 42.2 Å². The molecule has 8 nitrogen and oxygen atoms in total. The van der Waals surface area contributed by atoms with E-state index in [0.717, 1.165) is 32.0 Å². The van der Waals surface area contributed by atoms with Crippen LogP contribution in [-0.2, 0) is 16.6 Å². The molecule has 0 atom stereocenters. The van der Waals surface area contributed by atoms with Crippen LogP contribution in [0.15, 0.2) is 36.5 Å². The van der Waals surface area contributed by atoms with Crippen LogP contribution >= 0.6 is 0 Å². The predicted octanol–water partition coefficient (Wildman–Crippen LogP) is 0.625. The van der Waals surface area contributed by atoms with Gasteiger partial charge in [-0.25, -0.2) is 0 Å². The summed E-state index contributed by atoms with van der Waals surface area (Å²) < 4.78 is 6.87. The summed E-state index contributed by atoms with van der Waals surface area (Å²) in [6.45, 7) is 3.08. The second kappa shape index (κ2) is 7.80. The number of nitrogens with zero attached hydrogens (tertiary/aromatic N) is 3. The molecule has 1 aliphatic heterocycles. The van der Waals surface area contributed by atoms with E-state index >= 15 is 0 Å². The number of hydrogen-bond acceptors (Lipinski definition) is 5. The monoisotopic (exact) mass is 343 g/mol. The number of nitrogens with one attached hydrogen (secondary N) is 2. The van der Waals surface area contributed by atoms with Crippen molar-refractivity contribution in [2.45, 2.75) is 0 Å². The lowest BCUT2D eigenvalue weighted by molar-refractivity contribution is -0.115. The molecule has 25 heavy (non-hydrogen) atoms. The van der Waals surface area contributed by atoms with Gasteiger partial charge in [-0.15, -0.1) is 0 Å². The van der Waals surface area contributed by atoms with Crippen LogP contribution in [0.5, 0.6) is 0 Å². The largest absolute Gasteiger partial charge is 0.378 e. The number of rotatable bonds is 5. The van der Waals surface area contributed by atoms with Crippen molar-refractivity contribution in [1.29, 1.82) is 0 Å². The Morgan fingerprint density at radius 1 is 1.16 bits per heavy atom. The van der Waals surface area contributed by atoms with Gasteiger partial charge in [-0.05, 0) is 30.3 Å². The van der Waals surface area contributed by atoms with Crippen LogP contribution in [0.25, 0.3) is 0 Å². The Morgan fingerprint density at radius 3 is 2.52 bits per heavy atom. The predicted molar refractivity (Wildman–Crippen MR) is 93.6 cm³/mol. The second-order valence-corrected chi connectivity index (χ2v) is 5.75. The van der Waals surface area contributed by atoms with Gasteiger partial charge in [0.05, 0.1) is 19.8 Å². The Morgan fingerprint density at radius 2 is 1.88 bits per heavy atom. The first-order valence-corrected chi connectivity index (χ1v) is 8.12. The van der Waals surface area contributed by atoms with Crippen molar-refractivity contribution in [2.24, 2.45) is 7.05 Å². The number of ether oxygens (including phenoxy) is 1. The topological polar surface area (TPSA) is 88.5 Å². The Bertz CT molecular complexity index is 735. The summed E-state index contributed by atoms with van der Waals surface area (Å²) in [5, 5.41) is 9.29. The van der Waals surface area contributed by atoms with Crippen LogP contribution in [0.4, 0.5) is 11.4 Å². The van der Waals surface area contributed by atoms with Gasteiger partial charge in [0.2, 0.25) is 5.91 Å². The quantitative estimate of drug-likeness (QED) is 0.831. The number of hydrogen-bond donors (Lipinski definition) is 2. The number of aromatic nitrogens is 2. The first-order chi connectivity index (χ1) is 12.1.